The largest absolute Gasteiger partial charge is 0.489 e. The summed E-state index contributed by atoms with van der Waals surface area (Å²) < 4.78 is 26.9. The molecule has 14 heavy (non-hydrogen) atoms. The highest BCUT2D eigenvalue weighted by Crippen LogP contribution is 2.16. The Morgan fingerprint density at radius 3 is 2.43 bits per heavy atom. The molecule has 78 valence electrons. The van der Waals surface area contributed by atoms with Crippen molar-refractivity contribution in [2.24, 2.45) is 0 Å². The highest BCUT2D eigenvalue weighted by molar-refractivity contribution is 8.13. The molecule has 1 rings (SSSR count). The molecule has 0 saturated heterocycles. The second-order valence-corrected chi connectivity index (χ2v) is 5.45. The van der Waals surface area contributed by atoms with E-state index in [9.17, 15) is 8.42 Å². The lowest BCUT2D eigenvalue weighted by Crippen LogP contribution is -2.06. The number of pyridine rings is 1. The summed E-state index contributed by atoms with van der Waals surface area (Å²) in [6.45, 7) is 3.73. The summed E-state index contributed by atoms with van der Waals surface area (Å²) in [5, 5.41) is -0.171. The van der Waals surface area contributed by atoms with E-state index >= 15 is 0 Å². The van der Waals surface area contributed by atoms with E-state index in [1.807, 2.05) is 13.8 Å². The van der Waals surface area contributed by atoms with Crippen LogP contribution in [-0.4, -0.2) is 19.5 Å². The lowest BCUT2D eigenvalue weighted by Gasteiger charge is -2.08. The van der Waals surface area contributed by atoms with Crippen LogP contribution in [0.2, 0.25) is 0 Å². The monoisotopic (exact) mass is 235 g/mol. The number of nitrogens with zero attached hydrogens (tertiary/aromatic N) is 1. The summed E-state index contributed by atoms with van der Waals surface area (Å²) in [7, 11) is 1.34. The van der Waals surface area contributed by atoms with Crippen LogP contribution in [0.3, 0.4) is 0 Å². The van der Waals surface area contributed by atoms with E-state index in [-0.39, 0.29) is 11.1 Å². The molecule has 6 heteroatoms. The van der Waals surface area contributed by atoms with Gasteiger partial charge in [-0.3, -0.25) is 0 Å². The predicted octanol–water partition coefficient (Wildman–Crippen LogP) is 1.80. The minimum atomic E-state index is -3.74. The third-order valence-electron chi connectivity index (χ3n) is 1.33. The first-order valence-corrected chi connectivity index (χ1v) is 6.28. The van der Waals surface area contributed by atoms with Crippen LogP contribution in [0, 0.1) is 0 Å². The second kappa shape index (κ2) is 4.14. The zero-order valence-corrected chi connectivity index (χ0v) is 9.34. The lowest BCUT2D eigenvalue weighted by atomic mass is 10.4. The zero-order chi connectivity index (χ0) is 10.8. The van der Waals surface area contributed by atoms with Gasteiger partial charge in [-0.1, -0.05) is 0 Å². The summed E-state index contributed by atoms with van der Waals surface area (Å²) in [6.07, 6.45) is 1.35. The average Bonchev–Trinajstić information content (AvgIpc) is 2.02. The van der Waals surface area contributed by atoms with Crippen LogP contribution in [0.4, 0.5) is 0 Å². The van der Waals surface area contributed by atoms with E-state index in [4.69, 9.17) is 15.4 Å². The van der Waals surface area contributed by atoms with Crippen molar-refractivity contribution in [2.45, 2.75) is 25.0 Å². The minimum Gasteiger partial charge on any atom is -0.489 e. The number of halogens is 1. The minimum absolute atomic E-state index is 0.0234. The Hall–Kier alpha value is -0.810. The average molecular weight is 236 g/mol. The first-order valence-electron chi connectivity index (χ1n) is 3.97. The smallest absolute Gasteiger partial charge is 0.278 e. The molecule has 0 radical (unpaired) electrons. The van der Waals surface area contributed by atoms with Gasteiger partial charge in [-0.25, -0.2) is 13.4 Å². The zero-order valence-electron chi connectivity index (χ0n) is 7.77. The van der Waals surface area contributed by atoms with Crippen molar-refractivity contribution in [1.29, 1.82) is 0 Å². The molecule has 0 N–H and O–H groups in total. The van der Waals surface area contributed by atoms with Gasteiger partial charge < -0.3 is 4.74 Å². The number of rotatable bonds is 3. The van der Waals surface area contributed by atoms with Gasteiger partial charge in [0.15, 0.2) is 5.03 Å². The number of ether oxygens (including phenoxy) is 1. The van der Waals surface area contributed by atoms with Crippen LogP contribution in [0.15, 0.2) is 23.4 Å². The number of aromatic nitrogens is 1. The summed E-state index contributed by atoms with van der Waals surface area (Å²) in [6, 6.07) is 2.82. The van der Waals surface area contributed by atoms with E-state index in [0.717, 1.165) is 0 Å². The fourth-order valence-corrected chi connectivity index (χ4v) is 1.54. The van der Waals surface area contributed by atoms with Crippen molar-refractivity contribution in [2.75, 3.05) is 0 Å². The molecule has 0 amide bonds. The fraction of sp³-hybridized carbons (Fsp3) is 0.375. The third-order valence-corrected chi connectivity index (χ3v) is 2.55. The Balaban J connectivity index is 2.90. The van der Waals surface area contributed by atoms with Crippen LogP contribution in [-0.2, 0) is 9.05 Å². The lowest BCUT2D eigenvalue weighted by molar-refractivity contribution is 0.241. The topological polar surface area (TPSA) is 56.3 Å². The number of hydrogen-bond acceptors (Lipinski definition) is 4. The molecule has 0 saturated carbocycles. The first kappa shape index (κ1) is 11.3. The molecule has 0 aliphatic rings. The fourth-order valence-electron chi connectivity index (χ4n) is 0.853. The number of hydrogen-bond donors (Lipinski definition) is 0. The molecule has 0 aliphatic heterocycles. The highest BCUT2D eigenvalue weighted by Gasteiger charge is 2.11. The molecule has 1 aromatic rings. The van der Waals surface area contributed by atoms with Crippen LogP contribution in [0.5, 0.6) is 5.75 Å². The van der Waals surface area contributed by atoms with Crippen molar-refractivity contribution in [1.82, 2.24) is 4.98 Å². The van der Waals surface area contributed by atoms with Gasteiger partial charge in [-0.05, 0) is 26.0 Å². The quantitative estimate of drug-likeness (QED) is 0.750. The summed E-state index contributed by atoms with van der Waals surface area (Å²) in [4.78, 5) is 3.66. The molecular formula is C8H10ClNO3S. The Morgan fingerprint density at radius 1 is 1.43 bits per heavy atom. The molecule has 4 nitrogen and oxygen atoms in total. The predicted molar refractivity (Wildman–Crippen MR) is 53.0 cm³/mol. The summed E-state index contributed by atoms with van der Waals surface area (Å²) in [5.74, 6) is 0.518. The third kappa shape index (κ3) is 3.16. The normalized spacial score (nSPS) is 11.7. The van der Waals surface area contributed by atoms with Gasteiger partial charge in [0.1, 0.15) is 5.75 Å². The van der Waals surface area contributed by atoms with Gasteiger partial charge in [0.25, 0.3) is 9.05 Å². The molecule has 0 unspecified atom stereocenters. The van der Waals surface area contributed by atoms with Gasteiger partial charge in [-0.2, -0.15) is 0 Å². The van der Waals surface area contributed by atoms with Crippen LogP contribution >= 0.6 is 10.7 Å². The van der Waals surface area contributed by atoms with Crippen LogP contribution in [0.25, 0.3) is 0 Å². The molecule has 0 aromatic carbocycles. The molecule has 0 aliphatic carbocycles. The van der Waals surface area contributed by atoms with Gasteiger partial charge in [-0.15, -0.1) is 0 Å². The van der Waals surface area contributed by atoms with E-state index in [2.05, 4.69) is 4.98 Å². The van der Waals surface area contributed by atoms with Crippen LogP contribution < -0.4 is 4.74 Å². The Morgan fingerprint density at radius 2 is 2.07 bits per heavy atom. The van der Waals surface area contributed by atoms with Gasteiger partial charge >= 0.3 is 0 Å². The molecular weight excluding hydrogens is 226 g/mol. The Kier molecular flexibility index (Phi) is 3.34. The van der Waals surface area contributed by atoms with Crippen molar-refractivity contribution >= 4 is 19.7 Å². The van der Waals surface area contributed by atoms with Gasteiger partial charge in [0.05, 0.1) is 12.3 Å². The van der Waals surface area contributed by atoms with Crippen molar-refractivity contribution in [3.63, 3.8) is 0 Å². The van der Waals surface area contributed by atoms with E-state index in [1.54, 1.807) is 0 Å². The van der Waals surface area contributed by atoms with Crippen molar-refractivity contribution in [3.8, 4) is 5.75 Å². The maximum absolute atomic E-state index is 10.8. The Bertz CT molecular complexity index is 399. The SMILES string of the molecule is CC(C)Oc1ccc(S(=O)(=O)Cl)nc1. The highest BCUT2D eigenvalue weighted by atomic mass is 35.7. The Labute approximate surface area is 87.3 Å². The molecule has 0 atom stereocenters. The maximum Gasteiger partial charge on any atom is 0.278 e. The van der Waals surface area contributed by atoms with Crippen molar-refractivity contribution in [3.05, 3.63) is 18.3 Å². The summed E-state index contributed by atoms with van der Waals surface area (Å²) >= 11 is 0. The standard InChI is InChI=1S/C8H10ClNO3S/c1-6(2)13-7-3-4-8(10-5-7)14(9,11)12/h3-6H,1-2H3. The molecule has 0 spiro atoms. The molecule has 1 heterocycles. The second-order valence-electron chi connectivity index (χ2n) is 2.94. The molecule has 1 aromatic heterocycles. The molecule has 0 fully saturated rings. The van der Waals surface area contributed by atoms with Gasteiger partial charge in [0.2, 0.25) is 0 Å². The summed E-state index contributed by atoms with van der Waals surface area (Å²) in [5.41, 5.74) is 0. The van der Waals surface area contributed by atoms with Gasteiger partial charge in [0, 0.05) is 10.7 Å². The first-order chi connectivity index (χ1) is 6.39. The van der Waals surface area contributed by atoms with E-state index in [0.29, 0.717) is 5.75 Å². The molecule has 0 bridgehead atoms. The maximum atomic E-state index is 10.8. The van der Waals surface area contributed by atoms with Crippen LogP contribution in [0.1, 0.15) is 13.8 Å². The van der Waals surface area contributed by atoms with E-state index < -0.39 is 9.05 Å². The van der Waals surface area contributed by atoms with Crippen molar-refractivity contribution < 1.29 is 13.2 Å². The van der Waals surface area contributed by atoms with E-state index in [1.165, 1.54) is 18.3 Å².